The van der Waals surface area contributed by atoms with Gasteiger partial charge in [0, 0.05) is 9.52 Å². The van der Waals surface area contributed by atoms with Gasteiger partial charge in [-0.25, -0.2) is 0 Å². The van der Waals surface area contributed by atoms with Gasteiger partial charge in [-0.2, -0.15) is 0 Å². The third kappa shape index (κ3) is 441. The van der Waals surface area contributed by atoms with E-state index in [-0.39, 0.29) is 14.9 Å². The van der Waals surface area contributed by atoms with Crippen molar-refractivity contribution in [3.05, 3.63) is 0 Å². The molecule has 0 atom stereocenters. The Hall–Kier alpha value is 0.217. The molecule has 0 saturated heterocycles. The van der Waals surface area contributed by atoms with Gasteiger partial charge >= 0.3 is 0 Å². The van der Waals surface area contributed by atoms with Crippen LogP contribution < -0.4 is 0 Å². The minimum atomic E-state index is 0. The van der Waals surface area contributed by atoms with Gasteiger partial charge in [0.2, 0.25) is 0 Å². The van der Waals surface area contributed by atoms with Crippen molar-refractivity contribution in [1.82, 2.24) is 0 Å². The third-order valence-electron chi connectivity index (χ3n) is 0. The average Bonchev–Trinajstić information content (AvgIpc) is 0.918. The first-order valence-corrected chi connectivity index (χ1v) is 4.24. The number of hydrogen-bond acceptors (Lipinski definition) is 0. The summed E-state index contributed by atoms with van der Waals surface area (Å²) in [6.45, 7) is 4.53. The van der Waals surface area contributed by atoms with Crippen molar-refractivity contribution in [2.75, 3.05) is 0 Å². The zero-order chi connectivity index (χ0) is 2.71. The molecule has 0 rings (SSSR count). The van der Waals surface area contributed by atoms with Crippen LogP contribution in [-0.2, 0) is 0 Å². The van der Waals surface area contributed by atoms with Crippen LogP contribution in [-0.4, -0.2) is 9.52 Å². The predicted molar refractivity (Wildman–Crippen MR) is 33.7 cm³/mol. The Bertz CT molecular complexity index is 3.61. The molecule has 5 heavy (non-hydrogen) atoms. The molecule has 0 fully saturated rings. The Morgan fingerprint density at radius 1 is 1.00 bits per heavy atom. The number of rotatable bonds is 0. The van der Waals surface area contributed by atoms with Crippen LogP contribution in [0.4, 0.5) is 0 Å². The zero-order valence-electron chi connectivity index (χ0n) is 2.71. The molecular formula is C4H16Si. The third-order valence-corrected chi connectivity index (χ3v) is 0. The van der Waals surface area contributed by atoms with Gasteiger partial charge in [0.15, 0.2) is 0 Å². The van der Waals surface area contributed by atoms with Gasteiger partial charge in [-0.1, -0.05) is 27.9 Å². The molecule has 0 aromatic rings. The molecule has 0 N–H and O–H groups in total. The Kier molecular flexibility index (Phi) is 111. The molecule has 1 heteroatoms. The van der Waals surface area contributed by atoms with Crippen LogP contribution in [0.3, 0.4) is 0 Å². The fraction of sp³-hybridized carbons (Fsp3) is 1.00. The second kappa shape index (κ2) is 29.5. The van der Waals surface area contributed by atoms with E-state index in [0.29, 0.717) is 9.52 Å². The van der Waals surface area contributed by atoms with E-state index in [1.54, 1.807) is 0 Å². The van der Waals surface area contributed by atoms with Gasteiger partial charge < -0.3 is 0 Å². The highest BCUT2D eigenvalue weighted by Gasteiger charge is 1.38. The fourth-order valence-electron chi connectivity index (χ4n) is 0. The summed E-state index contributed by atoms with van der Waals surface area (Å²) in [5, 5.41) is 0. The van der Waals surface area contributed by atoms with Crippen molar-refractivity contribution in [3.8, 4) is 0 Å². The van der Waals surface area contributed by atoms with Crippen LogP contribution in [0.25, 0.3) is 0 Å². The summed E-state index contributed by atoms with van der Waals surface area (Å²) in [5.74, 6) is 0. The molecule has 0 aromatic carbocycles. The van der Waals surface area contributed by atoms with E-state index in [2.05, 4.69) is 13.1 Å². The first kappa shape index (κ1) is 18.9. The normalized spacial score (nSPS) is 3.60. The molecule has 0 radical (unpaired) electrons. The van der Waals surface area contributed by atoms with E-state index < -0.39 is 0 Å². The van der Waals surface area contributed by atoms with Crippen molar-refractivity contribution in [2.24, 2.45) is 0 Å². The highest BCUT2D eigenvalue weighted by Crippen LogP contribution is 1.36. The quantitative estimate of drug-likeness (QED) is 0.397. The van der Waals surface area contributed by atoms with E-state index >= 15 is 0 Å². The molecule has 0 unspecified atom stereocenters. The molecule has 0 amide bonds. The fourth-order valence-corrected chi connectivity index (χ4v) is 0. The lowest BCUT2D eigenvalue weighted by atomic mass is 11.9. The predicted octanol–water partition coefficient (Wildman–Crippen LogP) is 1.52. The summed E-state index contributed by atoms with van der Waals surface area (Å²) in [6, 6.07) is 0. The van der Waals surface area contributed by atoms with Gasteiger partial charge in [0.25, 0.3) is 0 Å². The van der Waals surface area contributed by atoms with Crippen LogP contribution in [0.15, 0.2) is 0 Å². The van der Waals surface area contributed by atoms with Crippen LogP contribution in [0.2, 0.25) is 13.1 Å². The monoisotopic (exact) mass is 92.1 g/mol. The summed E-state index contributed by atoms with van der Waals surface area (Å²) in [4.78, 5) is 0. The molecule has 0 saturated carbocycles. The van der Waals surface area contributed by atoms with E-state index in [1.807, 2.05) is 0 Å². The van der Waals surface area contributed by atoms with E-state index in [9.17, 15) is 0 Å². The minimum Gasteiger partial charge on any atom is -0.0776 e. The Labute approximate surface area is 38.4 Å². The maximum Gasteiger partial charge on any atom is 0.0135 e. The van der Waals surface area contributed by atoms with E-state index in [4.69, 9.17) is 0 Å². The molecule has 0 heterocycles. The largest absolute Gasteiger partial charge is 0.0776 e. The summed E-state index contributed by atoms with van der Waals surface area (Å²) in [6.07, 6.45) is 0. The zero-order valence-corrected chi connectivity index (χ0v) is 4.12. The lowest BCUT2D eigenvalue weighted by Crippen LogP contribution is -1.53. The molecule has 0 spiro atoms. The van der Waals surface area contributed by atoms with Crippen molar-refractivity contribution in [3.63, 3.8) is 0 Å². The average molecular weight is 92.3 g/mol. The van der Waals surface area contributed by atoms with Gasteiger partial charge in [-0.05, 0) is 0 Å². The standard InChI is InChI=1S/C2H8Si.2CH4/c1-3-2;;/h3H2,1-2H3;2*1H4. The van der Waals surface area contributed by atoms with Crippen LogP contribution in [0.5, 0.6) is 0 Å². The van der Waals surface area contributed by atoms with Crippen molar-refractivity contribution < 1.29 is 0 Å². The van der Waals surface area contributed by atoms with E-state index in [0.717, 1.165) is 0 Å². The van der Waals surface area contributed by atoms with Crippen LogP contribution in [0, 0.1) is 0 Å². The lowest BCUT2D eigenvalue weighted by Gasteiger charge is -1.45. The Balaban J connectivity index is -0.0000000200. The highest BCUT2D eigenvalue weighted by molar-refractivity contribution is 6.31. The van der Waals surface area contributed by atoms with Crippen molar-refractivity contribution >= 4 is 9.52 Å². The van der Waals surface area contributed by atoms with Crippen molar-refractivity contribution in [2.45, 2.75) is 27.9 Å². The first-order valence-electron chi connectivity index (χ1n) is 1.41. The summed E-state index contributed by atoms with van der Waals surface area (Å²) in [7, 11) is 0.417. The second-order valence-electron chi connectivity index (χ2n) is 0.707. The van der Waals surface area contributed by atoms with Gasteiger partial charge in [0.1, 0.15) is 0 Å². The Morgan fingerprint density at radius 2 is 1.00 bits per heavy atom. The topological polar surface area (TPSA) is 0 Å². The Morgan fingerprint density at radius 3 is 1.00 bits per heavy atom. The molecule has 0 bridgehead atoms. The van der Waals surface area contributed by atoms with Gasteiger partial charge in [-0.15, -0.1) is 0 Å². The molecule has 0 nitrogen and oxygen atoms in total. The van der Waals surface area contributed by atoms with Crippen molar-refractivity contribution in [1.29, 1.82) is 0 Å². The molecule has 0 aliphatic heterocycles. The number of hydrogen-bond donors (Lipinski definition) is 0. The summed E-state index contributed by atoms with van der Waals surface area (Å²) >= 11 is 0. The molecule has 36 valence electrons. The van der Waals surface area contributed by atoms with Crippen LogP contribution >= 0.6 is 0 Å². The molecule has 0 aliphatic carbocycles. The minimum absolute atomic E-state index is 0. The summed E-state index contributed by atoms with van der Waals surface area (Å²) < 4.78 is 0. The highest BCUT2D eigenvalue weighted by atomic mass is 28.2. The lowest BCUT2D eigenvalue weighted by molar-refractivity contribution is 2.14. The molecule has 0 aromatic heterocycles. The van der Waals surface area contributed by atoms with Gasteiger partial charge in [-0.3, -0.25) is 0 Å². The summed E-state index contributed by atoms with van der Waals surface area (Å²) in [5.41, 5.74) is 0. The maximum absolute atomic E-state index is 2.26. The second-order valence-corrected chi connectivity index (χ2v) is 2.12. The molecule has 0 aliphatic rings. The first-order chi connectivity index (χ1) is 1.41. The molecular weight excluding hydrogens is 76.1 g/mol. The van der Waals surface area contributed by atoms with Gasteiger partial charge in [0.05, 0.1) is 0 Å². The smallest absolute Gasteiger partial charge is 0.0135 e. The SMILES string of the molecule is C.C.C[SiH2]C. The van der Waals surface area contributed by atoms with Crippen LogP contribution in [0.1, 0.15) is 14.9 Å². The maximum atomic E-state index is 2.26. The van der Waals surface area contributed by atoms with E-state index in [1.165, 1.54) is 0 Å².